The van der Waals surface area contributed by atoms with Crippen LogP contribution in [0.5, 0.6) is 0 Å². The third-order valence-corrected chi connectivity index (χ3v) is 5.52. The molecule has 138 valence electrons. The lowest BCUT2D eigenvalue weighted by Crippen LogP contribution is -2.41. The van der Waals surface area contributed by atoms with E-state index in [1.165, 1.54) is 0 Å². The number of hydrogen-bond acceptors (Lipinski definition) is 5. The van der Waals surface area contributed by atoms with E-state index in [0.717, 1.165) is 18.4 Å². The lowest BCUT2D eigenvalue weighted by molar-refractivity contribution is 0.00943. The molecule has 2 saturated heterocycles. The van der Waals surface area contributed by atoms with Crippen LogP contribution in [0.3, 0.4) is 0 Å². The van der Waals surface area contributed by atoms with E-state index in [1.807, 2.05) is 42.2 Å². The van der Waals surface area contributed by atoms with Gasteiger partial charge in [-0.2, -0.15) is 4.98 Å². The molecule has 1 N–H and O–H groups in total. The van der Waals surface area contributed by atoms with Gasteiger partial charge in [0.2, 0.25) is 11.7 Å². The summed E-state index contributed by atoms with van der Waals surface area (Å²) in [7, 11) is 0. The first kappa shape index (κ1) is 17.0. The van der Waals surface area contributed by atoms with Gasteiger partial charge in [-0.15, -0.1) is 0 Å². The molecule has 0 bridgehead atoms. The maximum absolute atomic E-state index is 12.4. The SMILES string of the molecule is CCNC(=O)N1C[C@@H](c2nc(-c3ccccc3)no2)C2(CCOCC2)C1. The molecule has 7 heteroatoms. The highest BCUT2D eigenvalue weighted by molar-refractivity contribution is 5.74. The summed E-state index contributed by atoms with van der Waals surface area (Å²) in [4.78, 5) is 18.9. The van der Waals surface area contributed by atoms with Crippen molar-refractivity contribution < 1.29 is 14.1 Å². The zero-order valence-corrected chi connectivity index (χ0v) is 15.0. The van der Waals surface area contributed by atoms with Crippen molar-refractivity contribution in [1.29, 1.82) is 0 Å². The smallest absolute Gasteiger partial charge is 0.317 e. The Bertz CT molecular complexity index is 755. The summed E-state index contributed by atoms with van der Waals surface area (Å²) in [5.74, 6) is 1.26. The topological polar surface area (TPSA) is 80.5 Å². The van der Waals surface area contributed by atoms with Crippen LogP contribution in [0.15, 0.2) is 34.9 Å². The standard InChI is InChI=1S/C19H24N4O3/c1-2-20-18(24)23-12-15(19(13-23)8-10-25-11-9-19)17-21-16(22-26-17)14-6-4-3-5-7-14/h3-7,15H,2,8-13H2,1H3,(H,20,24)/t15-/m0/s1. The van der Waals surface area contributed by atoms with Crippen LogP contribution in [0.4, 0.5) is 4.79 Å². The Morgan fingerprint density at radius 1 is 1.31 bits per heavy atom. The summed E-state index contributed by atoms with van der Waals surface area (Å²) in [6.45, 7) is 5.27. The summed E-state index contributed by atoms with van der Waals surface area (Å²) >= 11 is 0. The van der Waals surface area contributed by atoms with Crippen molar-refractivity contribution in [2.24, 2.45) is 5.41 Å². The summed E-state index contributed by atoms with van der Waals surface area (Å²) in [5, 5.41) is 7.08. The highest BCUT2D eigenvalue weighted by Crippen LogP contribution is 2.49. The molecular weight excluding hydrogens is 332 g/mol. The number of likely N-dealkylation sites (tertiary alicyclic amines) is 1. The van der Waals surface area contributed by atoms with E-state index in [-0.39, 0.29) is 17.4 Å². The van der Waals surface area contributed by atoms with Gasteiger partial charge in [-0.1, -0.05) is 35.5 Å². The molecule has 0 radical (unpaired) electrons. The molecule has 2 aliphatic rings. The first-order valence-corrected chi connectivity index (χ1v) is 9.21. The molecule has 1 atom stereocenters. The third kappa shape index (κ3) is 3.07. The lowest BCUT2D eigenvalue weighted by atomic mass is 9.72. The van der Waals surface area contributed by atoms with Crippen LogP contribution in [0.2, 0.25) is 0 Å². The number of nitrogens with zero attached hydrogens (tertiary/aromatic N) is 3. The predicted octanol–water partition coefficient (Wildman–Crippen LogP) is 2.66. The van der Waals surface area contributed by atoms with E-state index in [4.69, 9.17) is 9.26 Å². The fraction of sp³-hybridized carbons (Fsp3) is 0.526. The molecule has 4 rings (SSSR count). The Morgan fingerprint density at radius 3 is 2.81 bits per heavy atom. The number of amides is 2. The molecule has 26 heavy (non-hydrogen) atoms. The molecule has 0 saturated carbocycles. The molecule has 7 nitrogen and oxygen atoms in total. The number of carbonyl (C=O) groups excluding carboxylic acids is 1. The van der Waals surface area contributed by atoms with Crippen molar-refractivity contribution in [3.63, 3.8) is 0 Å². The van der Waals surface area contributed by atoms with Gasteiger partial charge in [-0.05, 0) is 19.8 Å². The van der Waals surface area contributed by atoms with Crippen molar-refractivity contribution in [1.82, 2.24) is 20.4 Å². The predicted molar refractivity (Wildman–Crippen MR) is 95.6 cm³/mol. The minimum Gasteiger partial charge on any atom is -0.381 e. The van der Waals surface area contributed by atoms with E-state index in [9.17, 15) is 4.79 Å². The zero-order chi connectivity index (χ0) is 18.0. The number of aromatic nitrogens is 2. The average molecular weight is 356 g/mol. The van der Waals surface area contributed by atoms with Crippen LogP contribution in [0.25, 0.3) is 11.4 Å². The second-order valence-corrected chi connectivity index (χ2v) is 7.07. The van der Waals surface area contributed by atoms with Crippen LogP contribution < -0.4 is 5.32 Å². The summed E-state index contributed by atoms with van der Waals surface area (Å²) in [6.07, 6.45) is 1.80. The number of carbonyl (C=O) groups is 1. The van der Waals surface area contributed by atoms with Gasteiger partial charge in [0.15, 0.2) is 0 Å². The summed E-state index contributed by atoms with van der Waals surface area (Å²) in [5.41, 5.74) is 0.881. The number of hydrogen-bond donors (Lipinski definition) is 1. The first-order valence-electron chi connectivity index (χ1n) is 9.21. The van der Waals surface area contributed by atoms with E-state index >= 15 is 0 Å². The number of ether oxygens (including phenoxy) is 1. The maximum Gasteiger partial charge on any atom is 0.317 e. The monoisotopic (exact) mass is 356 g/mol. The van der Waals surface area contributed by atoms with Gasteiger partial charge in [0.1, 0.15) is 0 Å². The Kier molecular flexibility index (Phi) is 4.63. The maximum atomic E-state index is 12.4. The Balaban J connectivity index is 1.62. The van der Waals surface area contributed by atoms with Gasteiger partial charge in [0.05, 0.1) is 5.92 Å². The van der Waals surface area contributed by atoms with E-state index in [1.54, 1.807) is 0 Å². The lowest BCUT2D eigenvalue weighted by Gasteiger charge is -2.36. The average Bonchev–Trinajstić information content (AvgIpc) is 3.29. The van der Waals surface area contributed by atoms with Gasteiger partial charge in [-0.25, -0.2) is 4.79 Å². The summed E-state index contributed by atoms with van der Waals surface area (Å²) in [6, 6.07) is 9.78. The van der Waals surface area contributed by atoms with Gasteiger partial charge in [0, 0.05) is 43.8 Å². The van der Waals surface area contributed by atoms with Crippen molar-refractivity contribution in [3.05, 3.63) is 36.2 Å². The van der Waals surface area contributed by atoms with Crippen LogP contribution >= 0.6 is 0 Å². The Hall–Kier alpha value is -2.41. The largest absolute Gasteiger partial charge is 0.381 e. The molecule has 0 unspecified atom stereocenters. The molecule has 2 amide bonds. The number of urea groups is 1. The fourth-order valence-electron chi connectivity index (χ4n) is 4.09. The van der Waals surface area contributed by atoms with Crippen molar-refractivity contribution in [2.75, 3.05) is 32.8 Å². The molecule has 1 aromatic heterocycles. The Labute approximate surface area is 152 Å². The molecular formula is C19H24N4O3. The number of benzene rings is 1. The number of nitrogens with one attached hydrogen (secondary N) is 1. The third-order valence-electron chi connectivity index (χ3n) is 5.52. The molecule has 2 aliphatic heterocycles. The summed E-state index contributed by atoms with van der Waals surface area (Å²) < 4.78 is 11.2. The molecule has 2 aromatic rings. The molecule has 3 heterocycles. The Morgan fingerprint density at radius 2 is 2.08 bits per heavy atom. The van der Waals surface area contributed by atoms with Gasteiger partial charge in [0.25, 0.3) is 0 Å². The molecule has 1 spiro atoms. The second kappa shape index (κ2) is 7.07. The fourth-order valence-corrected chi connectivity index (χ4v) is 4.09. The van der Waals surface area contributed by atoms with Gasteiger partial charge >= 0.3 is 6.03 Å². The number of rotatable bonds is 3. The molecule has 2 fully saturated rings. The highest BCUT2D eigenvalue weighted by atomic mass is 16.5. The minimum absolute atomic E-state index is 0.0244. The highest BCUT2D eigenvalue weighted by Gasteiger charge is 2.51. The minimum atomic E-state index is -0.0518. The molecule has 0 aliphatic carbocycles. The molecule has 1 aromatic carbocycles. The van der Waals surface area contributed by atoms with E-state index < -0.39 is 0 Å². The quantitative estimate of drug-likeness (QED) is 0.914. The van der Waals surface area contributed by atoms with Crippen LogP contribution in [-0.2, 0) is 4.74 Å². The van der Waals surface area contributed by atoms with E-state index in [0.29, 0.717) is 44.6 Å². The van der Waals surface area contributed by atoms with Crippen LogP contribution in [0.1, 0.15) is 31.6 Å². The van der Waals surface area contributed by atoms with Crippen molar-refractivity contribution in [3.8, 4) is 11.4 Å². The van der Waals surface area contributed by atoms with Crippen molar-refractivity contribution >= 4 is 6.03 Å². The van der Waals surface area contributed by atoms with Crippen molar-refractivity contribution in [2.45, 2.75) is 25.7 Å². The van der Waals surface area contributed by atoms with Crippen LogP contribution in [0, 0.1) is 5.41 Å². The van der Waals surface area contributed by atoms with E-state index in [2.05, 4.69) is 15.5 Å². The second-order valence-electron chi connectivity index (χ2n) is 7.07. The van der Waals surface area contributed by atoms with Gasteiger partial charge in [-0.3, -0.25) is 0 Å². The zero-order valence-electron chi connectivity index (χ0n) is 15.0. The first-order chi connectivity index (χ1) is 12.7. The normalized spacial score (nSPS) is 21.9. The van der Waals surface area contributed by atoms with Crippen LogP contribution in [-0.4, -0.2) is 53.9 Å². The van der Waals surface area contributed by atoms with Gasteiger partial charge < -0.3 is 19.5 Å².